The summed E-state index contributed by atoms with van der Waals surface area (Å²) in [6.07, 6.45) is 1.58. The van der Waals surface area contributed by atoms with E-state index in [-0.39, 0.29) is 10.6 Å². The van der Waals surface area contributed by atoms with E-state index in [9.17, 15) is 8.42 Å². The van der Waals surface area contributed by atoms with Crippen LogP contribution in [-0.2, 0) is 10.1 Å². The van der Waals surface area contributed by atoms with Gasteiger partial charge in [0.25, 0.3) is 10.1 Å². The Morgan fingerprint density at radius 3 is 2.47 bits per heavy atom. The van der Waals surface area contributed by atoms with E-state index in [0.717, 1.165) is 0 Å². The minimum Gasteiger partial charge on any atom is -0.282 e. The largest absolute Gasteiger partial charge is 0.298 e. The number of hydrogen-bond donors (Lipinski definition) is 1. The zero-order valence-electron chi connectivity index (χ0n) is 9.32. The van der Waals surface area contributed by atoms with Crippen LogP contribution in [0.15, 0.2) is 29.3 Å². The van der Waals surface area contributed by atoms with E-state index < -0.39 is 10.1 Å². The second-order valence-electron chi connectivity index (χ2n) is 3.57. The number of aryl methyl sites for hydroxylation is 1. The lowest BCUT2D eigenvalue weighted by Gasteiger charge is -2.02. The van der Waals surface area contributed by atoms with Gasteiger partial charge in [-0.15, -0.1) is 0 Å². The Bertz CT molecular complexity index is 647. The average Bonchev–Trinajstić information content (AvgIpc) is 2.54. The van der Waals surface area contributed by atoms with E-state index in [1.807, 2.05) is 0 Å². The highest BCUT2D eigenvalue weighted by Crippen LogP contribution is 2.20. The molecule has 0 radical (unpaired) electrons. The van der Waals surface area contributed by atoms with Crippen molar-refractivity contribution in [3.8, 4) is 5.82 Å². The third-order valence-electron chi connectivity index (χ3n) is 2.35. The Kier molecular flexibility index (Phi) is 2.72. The lowest BCUT2D eigenvalue weighted by Crippen LogP contribution is -2.04. The minimum atomic E-state index is -4.26. The predicted octanol–water partition coefficient (Wildman–Crippen LogP) is 1.13. The van der Waals surface area contributed by atoms with Gasteiger partial charge in [0.05, 0.1) is 11.4 Å². The fraction of sp³-hybridized carbons (Fsp3) is 0.200. The number of nitrogens with zero attached hydrogens (tertiary/aromatic N) is 3. The number of rotatable bonds is 2. The van der Waals surface area contributed by atoms with Crippen molar-refractivity contribution in [1.29, 1.82) is 0 Å². The van der Waals surface area contributed by atoms with Gasteiger partial charge in [-0.2, -0.15) is 13.5 Å². The van der Waals surface area contributed by atoms with Gasteiger partial charge in [0.2, 0.25) is 0 Å². The fourth-order valence-corrected chi connectivity index (χ4v) is 2.58. The molecule has 2 rings (SSSR count). The molecule has 0 aliphatic heterocycles. The molecule has 1 N–H and O–H groups in total. The van der Waals surface area contributed by atoms with Gasteiger partial charge in [-0.25, -0.2) is 9.67 Å². The maximum atomic E-state index is 11.2. The summed E-state index contributed by atoms with van der Waals surface area (Å²) in [6, 6.07) is 5.22. The summed E-state index contributed by atoms with van der Waals surface area (Å²) in [5.41, 5.74) is 0.583. The summed E-state index contributed by atoms with van der Waals surface area (Å²) in [6.45, 7) is 3.09. The van der Waals surface area contributed by atoms with E-state index in [0.29, 0.717) is 11.5 Å². The number of pyridine rings is 1. The highest BCUT2D eigenvalue weighted by molar-refractivity contribution is 7.86. The molecule has 2 heterocycles. The maximum Gasteiger partial charge on any atom is 0.298 e. The monoisotopic (exact) mass is 253 g/mol. The molecule has 0 aromatic carbocycles. The Balaban J connectivity index is 2.69. The number of aromatic nitrogens is 3. The smallest absolute Gasteiger partial charge is 0.282 e. The Morgan fingerprint density at radius 2 is 2.00 bits per heavy atom. The second kappa shape index (κ2) is 3.94. The lowest BCUT2D eigenvalue weighted by molar-refractivity contribution is 0.482. The molecule has 0 amide bonds. The molecule has 0 aliphatic rings. The zero-order valence-corrected chi connectivity index (χ0v) is 10.1. The Hall–Kier alpha value is -1.73. The van der Waals surface area contributed by atoms with Crippen molar-refractivity contribution >= 4 is 10.1 Å². The van der Waals surface area contributed by atoms with Crippen molar-refractivity contribution in [2.75, 3.05) is 0 Å². The van der Waals surface area contributed by atoms with Crippen LogP contribution in [0.3, 0.4) is 0 Å². The molecule has 0 aliphatic carbocycles. The van der Waals surface area contributed by atoms with Gasteiger partial charge >= 0.3 is 0 Å². The topological polar surface area (TPSA) is 85.1 Å². The summed E-state index contributed by atoms with van der Waals surface area (Å²) in [4.78, 5) is 3.91. The van der Waals surface area contributed by atoms with Gasteiger partial charge in [0.15, 0.2) is 5.82 Å². The van der Waals surface area contributed by atoms with Crippen LogP contribution in [0.25, 0.3) is 5.82 Å². The first kappa shape index (κ1) is 11.7. The fourth-order valence-electron chi connectivity index (χ4n) is 1.70. The Morgan fingerprint density at radius 1 is 1.29 bits per heavy atom. The molecule has 17 heavy (non-hydrogen) atoms. The highest BCUT2D eigenvalue weighted by Gasteiger charge is 2.23. The van der Waals surface area contributed by atoms with Crippen LogP contribution >= 0.6 is 0 Å². The van der Waals surface area contributed by atoms with Gasteiger partial charge < -0.3 is 0 Å². The van der Waals surface area contributed by atoms with Crippen LogP contribution in [0.4, 0.5) is 0 Å². The molecule has 7 heteroatoms. The van der Waals surface area contributed by atoms with Crippen LogP contribution in [0.2, 0.25) is 0 Å². The quantitative estimate of drug-likeness (QED) is 0.811. The lowest BCUT2D eigenvalue weighted by atomic mass is 10.4. The zero-order chi connectivity index (χ0) is 12.6. The van der Waals surface area contributed by atoms with Crippen LogP contribution in [-0.4, -0.2) is 27.7 Å². The van der Waals surface area contributed by atoms with Crippen LogP contribution in [0.1, 0.15) is 11.4 Å². The maximum absolute atomic E-state index is 11.2. The summed E-state index contributed by atoms with van der Waals surface area (Å²) in [7, 11) is -4.26. The first-order valence-electron chi connectivity index (χ1n) is 4.86. The van der Waals surface area contributed by atoms with Crippen LogP contribution < -0.4 is 0 Å². The summed E-state index contributed by atoms with van der Waals surface area (Å²) in [5, 5.41) is 4.06. The third kappa shape index (κ3) is 2.06. The van der Waals surface area contributed by atoms with Crippen molar-refractivity contribution in [3.05, 3.63) is 35.8 Å². The van der Waals surface area contributed by atoms with Gasteiger partial charge in [0.1, 0.15) is 4.90 Å². The van der Waals surface area contributed by atoms with E-state index in [4.69, 9.17) is 4.55 Å². The third-order valence-corrected chi connectivity index (χ3v) is 3.46. The van der Waals surface area contributed by atoms with Crippen molar-refractivity contribution in [2.45, 2.75) is 18.7 Å². The normalized spacial score (nSPS) is 11.7. The number of hydrogen-bond acceptors (Lipinski definition) is 4. The van der Waals surface area contributed by atoms with E-state index in [1.165, 1.54) is 11.6 Å². The van der Waals surface area contributed by atoms with Crippen molar-refractivity contribution in [1.82, 2.24) is 14.8 Å². The van der Waals surface area contributed by atoms with E-state index >= 15 is 0 Å². The standard InChI is InChI=1S/C10H11N3O3S/c1-7-10(17(14,15)16)8(2)13(12-7)9-5-3-4-6-11-9/h3-6H,1-2H3,(H,14,15,16). The molecule has 0 saturated carbocycles. The van der Waals surface area contributed by atoms with Crippen molar-refractivity contribution < 1.29 is 13.0 Å². The summed E-state index contributed by atoms with van der Waals surface area (Å²) in [5.74, 6) is 0.503. The van der Waals surface area contributed by atoms with Gasteiger partial charge in [-0.05, 0) is 26.0 Å². The van der Waals surface area contributed by atoms with Crippen LogP contribution in [0, 0.1) is 13.8 Å². The van der Waals surface area contributed by atoms with Crippen LogP contribution in [0.5, 0.6) is 0 Å². The van der Waals surface area contributed by atoms with E-state index in [2.05, 4.69) is 10.1 Å². The van der Waals surface area contributed by atoms with Gasteiger partial charge in [-0.3, -0.25) is 4.55 Å². The molecular formula is C10H11N3O3S. The first-order chi connectivity index (χ1) is 7.91. The molecule has 0 spiro atoms. The first-order valence-corrected chi connectivity index (χ1v) is 6.30. The molecule has 6 nitrogen and oxygen atoms in total. The van der Waals surface area contributed by atoms with Gasteiger partial charge in [0, 0.05) is 6.20 Å². The molecule has 0 fully saturated rings. The highest BCUT2D eigenvalue weighted by atomic mass is 32.2. The minimum absolute atomic E-state index is 0.164. The summed E-state index contributed by atoms with van der Waals surface area (Å²) >= 11 is 0. The Labute approximate surface area is 98.7 Å². The van der Waals surface area contributed by atoms with Crippen molar-refractivity contribution in [2.24, 2.45) is 0 Å². The van der Waals surface area contributed by atoms with Gasteiger partial charge in [-0.1, -0.05) is 6.07 Å². The molecular weight excluding hydrogens is 242 g/mol. The molecule has 0 atom stereocenters. The molecule has 2 aromatic rings. The molecule has 2 aromatic heterocycles. The second-order valence-corrected chi connectivity index (χ2v) is 4.93. The predicted molar refractivity (Wildman–Crippen MR) is 60.6 cm³/mol. The summed E-state index contributed by atoms with van der Waals surface area (Å²) < 4.78 is 32.9. The molecule has 90 valence electrons. The van der Waals surface area contributed by atoms with Crippen molar-refractivity contribution in [3.63, 3.8) is 0 Å². The molecule has 0 unspecified atom stereocenters. The average molecular weight is 253 g/mol. The van der Waals surface area contributed by atoms with E-state index in [1.54, 1.807) is 31.3 Å². The SMILES string of the molecule is Cc1nn(-c2ccccn2)c(C)c1S(=O)(=O)O. The molecule has 0 saturated heterocycles. The molecule has 0 bridgehead atoms.